The van der Waals surface area contributed by atoms with E-state index in [0.717, 1.165) is 0 Å². The average molecular weight is 314 g/mol. The van der Waals surface area contributed by atoms with Gasteiger partial charge in [-0.2, -0.15) is 0 Å². The van der Waals surface area contributed by atoms with Crippen LogP contribution in [-0.4, -0.2) is 5.91 Å². The van der Waals surface area contributed by atoms with Gasteiger partial charge in [-0.3, -0.25) is 4.79 Å². The maximum absolute atomic E-state index is 13.1. The van der Waals surface area contributed by atoms with Gasteiger partial charge < -0.3 is 16.8 Å². The van der Waals surface area contributed by atoms with E-state index in [0.29, 0.717) is 11.4 Å². The van der Waals surface area contributed by atoms with Crippen LogP contribution in [0.4, 0.5) is 21.5 Å². The van der Waals surface area contributed by atoms with Crippen LogP contribution in [0.2, 0.25) is 10.0 Å². The van der Waals surface area contributed by atoms with Crippen molar-refractivity contribution in [3.05, 3.63) is 51.8 Å². The largest absolute Gasteiger partial charge is 0.399 e. The van der Waals surface area contributed by atoms with Crippen LogP contribution in [0.3, 0.4) is 0 Å². The van der Waals surface area contributed by atoms with Gasteiger partial charge in [-0.25, -0.2) is 4.39 Å². The Kier molecular flexibility index (Phi) is 4.01. The summed E-state index contributed by atoms with van der Waals surface area (Å²) in [7, 11) is 0. The Balaban J connectivity index is 2.47. The number of carbonyl (C=O) groups is 1. The second-order valence-corrected chi connectivity index (χ2v) is 4.86. The minimum atomic E-state index is -0.685. The first-order valence-electron chi connectivity index (χ1n) is 5.49. The van der Waals surface area contributed by atoms with Gasteiger partial charge in [0, 0.05) is 11.4 Å². The van der Waals surface area contributed by atoms with Gasteiger partial charge in [-0.15, -0.1) is 0 Å². The number of hydrogen-bond donors (Lipinski definition) is 3. The molecular formula is C13H10Cl2FN3O. The van der Waals surface area contributed by atoms with E-state index >= 15 is 0 Å². The van der Waals surface area contributed by atoms with Gasteiger partial charge in [0.1, 0.15) is 5.82 Å². The fourth-order valence-electron chi connectivity index (χ4n) is 1.67. The molecule has 0 saturated heterocycles. The highest BCUT2D eigenvalue weighted by atomic mass is 35.5. The van der Waals surface area contributed by atoms with Crippen molar-refractivity contribution in [2.75, 3.05) is 11.1 Å². The summed E-state index contributed by atoms with van der Waals surface area (Å²) < 4.78 is 13.1. The van der Waals surface area contributed by atoms with Gasteiger partial charge in [0.2, 0.25) is 0 Å². The molecule has 0 aromatic heterocycles. The summed E-state index contributed by atoms with van der Waals surface area (Å²) in [5.74, 6) is -1.23. The van der Waals surface area contributed by atoms with Crippen molar-refractivity contribution < 1.29 is 9.18 Å². The molecule has 0 radical (unpaired) electrons. The van der Waals surface area contributed by atoms with Crippen molar-refractivity contribution in [2.45, 2.75) is 0 Å². The summed E-state index contributed by atoms with van der Waals surface area (Å²) in [4.78, 5) is 11.4. The van der Waals surface area contributed by atoms with E-state index in [-0.39, 0.29) is 21.3 Å². The third-order valence-corrected chi connectivity index (χ3v) is 3.15. The van der Waals surface area contributed by atoms with Crippen molar-refractivity contribution in [3.63, 3.8) is 0 Å². The normalized spacial score (nSPS) is 10.3. The molecule has 7 heteroatoms. The van der Waals surface area contributed by atoms with E-state index in [4.69, 9.17) is 34.7 Å². The molecule has 0 fully saturated rings. The molecule has 0 aliphatic rings. The number of nitrogens with two attached hydrogens (primary N) is 2. The lowest BCUT2D eigenvalue weighted by atomic mass is 10.1. The van der Waals surface area contributed by atoms with E-state index in [1.165, 1.54) is 30.3 Å². The number of rotatable bonds is 3. The SMILES string of the molecule is NC(=O)c1cc(N)cc(Cl)c1Nc1ccc(F)c(Cl)c1. The Bertz CT molecular complexity index is 692. The summed E-state index contributed by atoms with van der Waals surface area (Å²) in [6.07, 6.45) is 0. The molecule has 20 heavy (non-hydrogen) atoms. The molecule has 104 valence electrons. The number of nitrogen functional groups attached to an aromatic ring is 1. The molecule has 0 unspecified atom stereocenters. The highest BCUT2D eigenvalue weighted by Crippen LogP contribution is 2.32. The average Bonchev–Trinajstić information content (AvgIpc) is 2.36. The second kappa shape index (κ2) is 5.56. The maximum Gasteiger partial charge on any atom is 0.250 e. The summed E-state index contributed by atoms with van der Waals surface area (Å²) in [5.41, 5.74) is 12.1. The molecule has 5 N–H and O–H groups in total. The standard InChI is InChI=1S/C13H10Cl2FN3O/c14-9-5-7(1-2-11(9)16)19-12-8(13(18)20)3-6(17)4-10(12)15/h1-5,19H,17H2,(H2,18,20). The van der Waals surface area contributed by atoms with Crippen molar-refractivity contribution in [3.8, 4) is 0 Å². The van der Waals surface area contributed by atoms with Gasteiger partial charge in [0.05, 0.1) is 21.3 Å². The highest BCUT2D eigenvalue weighted by molar-refractivity contribution is 6.34. The van der Waals surface area contributed by atoms with Crippen LogP contribution < -0.4 is 16.8 Å². The smallest absolute Gasteiger partial charge is 0.250 e. The Hall–Kier alpha value is -1.98. The van der Waals surface area contributed by atoms with E-state index < -0.39 is 11.7 Å². The van der Waals surface area contributed by atoms with Crippen LogP contribution in [0, 0.1) is 5.82 Å². The summed E-state index contributed by atoms with van der Waals surface area (Å²) >= 11 is 11.7. The van der Waals surface area contributed by atoms with Gasteiger partial charge in [-0.05, 0) is 30.3 Å². The molecule has 0 aliphatic heterocycles. The van der Waals surface area contributed by atoms with Crippen molar-refractivity contribution >= 4 is 46.2 Å². The van der Waals surface area contributed by atoms with Crippen LogP contribution in [0.1, 0.15) is 10.4 Å². The van der Waals surface area contributed by atoms with E-state index in [9.17, 15) is 9.18 Å². The Morgan fingerprint density at radius 1 is 1.15 bits per heavy atom. The van der Waals surface area contributed by atoms with E-state index in [2.05, 4.69) is 5.32 Å². The topological polar surface area (TPSA) is 81.1 Å². The molecule has 2 aromatic carbocycles. The van der Waals surface area contributed by atoms with E-state index in [1.807, 2.05) is 0 Å². The van der Waals surface area contributed by atoms with Crippen LogP contribution in [0.25, 0.3) is 0 Å². The number of carbonyl (C=O) groups excluding carboxylic acids is 1. The summed E-state index contributed by atoms with van der Waals surface area (Å²) in [5, 5.41) is 3.05. The summed E-state index contributed by atoms with van der Waals surface area (Å²) in [6.45, 7) is 0. The van der Waals surface area contributed by atoms with Crippen LogP contribution in [0.5, 0.6) is 0 Å². The third kappa shape index (κ3) is 2.95. The lowest BCUT2D eigenvalue weighted by Crippen LogP contribution is -2.14. The number of nitrogens with one attached hydrogen (secondary N) is 1. The molecule has 1 amide bonds. The van der Waals surface area contributed by atoms with Crippen LogP contribution in [0.15, 0.2) is 30.3 Å². The van der Waals surface area contributed by atoms with Crippen molar-refractivity contribution in [1.82, 2.24) is 0 Å². The molecule has 2 rings (SSSR count). The Morgan fingerprint density at radius 3 is 2.45 bits per heavy atom. The minimum Gasteiger partial charge on any atom is -0.399 e. The maximum atomic E-state index is 13.1. The first kappa shape index (κ1) is 14.4. The zero-order valence-corrected chi connectivity index (χ0v) is 11.6. The zero-order chi connectivity index (χ0) is 14.9. The molecule has 0 atom stereocenters. The molecule has 0 bridgehead atoms. The highest BCUT2D eigenvalue weighted by Gasteiger charge is 2.14. The number of hydrogen-bond acceptors (Lipinski definition) is 3. The van der Waals surface area contributed by atoms with Crippen molar-refractivity contribution in [1.29, 1.82) is 0 Å². The zero-order valence-electron chi connectivity index (χ0n) is 10.1. The number of benzene rings is 2. The fraction of sp³-hybridized carbons (Fsp3) is 0. The molecule has 0 aliphatic carbocycles. The Morgan fingerprint density at radius 2 is 1.85 bits per heavy atom. The third-order valence-electron chi connectivity index (χ3n) is 2.57. The molecule has 0 spiro atoms. The number of anilines is 3. The first-order chi connectivity index (χ1) is 9.38. The second-order valence-electron chi connectivity index (χ2n) is 4.04. The number of halogens is 3. The molecule has 0 heterocycles. The van der Waals surface area contributed by atoms with Gasteiger partial charge in [0.25, 0.3) is 5.91 Å². The van der Waals surface area contributed by atoms with Gasteiger partial charge >= 0.3 is 0 Å². The van der Waals surface area contributed by atoms with E-state index in [1.54, 1.807) is 0 Å². The molecular weight excluding hydrogens is 304 g/mol. The predicted molar refractivity (Wildman–Crippen MR) is 79.1 cm³/mol. The minimum absolute atomic E-state index is 0.0535. The Labute approximate surface area is 124 Å². The lowest BCUT2D eigenvalue weighted by Gasteiger charge is -2.13. The van der Waals surface area contributed by atoms with Crippen LogP contribution in [-0.2, 0) is 0 Å². The molecule has 2 aromatic rings. The molecule has 4 nitrogen and oxygen atoms in total. The number of amides is 1. The number of primary amides is 1. The lowest BCUT2D eigenvalue weighted by molar-refractivity contribution is 0.100. The summed E-state index contributed by atoms with van der Waals surface area (Å²) in [6, 6.07) is 6.90. The predicted octanol–water partition coefficient (Wildman–Crippen LogP) is 3.56. The quantitative estimate of drug-likeness (QED) is 0.758. The monoisotopic (exact) mass is 313 g/mol. The van der Waals surface area contributed by atoms with Gasteiger partial charge in [0.15, 0.2) is 0 Å². The fourth-order valence-corrected chi connectivity index (χ4v) is 2.12. The molecule has 0 saturated carbocycles. The van der Waals surface area contributed by atoms with Gasteiger partial charge in [-0.1, -0.05) is 23.2 Å². The van der Waals surface area contributed by atoms with Crippen LogP contribution >= 0.6 is 23.2 Å². The van der Waals surface area contributed by atoms with Crippen molar-refractivity contribution in [2.24, 2.45) is 5.73 Å². The first-order valence-corrected chi connectivity index (χ1v) is 6.25.